The molecular formula is C18H13N5O. The van der Waals surface area contributed by atoms with E-state index in [9.17, 15) is 0 Å². The Hall–Kier alpha value is -3.41. The van der Waals surface area contributed by atoms with E-state index in [1.54, 1.807) is 24.8 Å². The van der Waals surface area contributed by atoms with Crippen LogP contribution in [0.5, 0.6) is 0 Å². The van der Waals surface area contributed by atoms with Crippen LogP contribution < -0.4 is 0 Å². The van der Waals surface area contributed by atoms with Crippen LogP contribution in [0.4, 0.5) is 0 Å². The molecule has 6 heteroatoms. The monoisotopic (exact) mass is 315 g/mol. The van der Waals surface area contributed by atoms with E-state index < -0.39 is 0 Å². The van der Waals surface area contributed by atoms with E-state index in [0.717, 1.165) is 22.5 Å². The quantitative estimate of drug-likeness (QED) is 0.575. The molecule has 4 aromatic rings. The summed E-state index contributed by atoms with van der Waals surface area (Å²) in [5.41, 5.74) is 3.95. The van der Waals surface area contributed by atoms with Crippen LogP contribution in [0, 0.1) is 6.92 Å². The number of rotatable bonds is 3. The molecule has 0 saturated carbocycles. The maximum Gasteiger partial charge on any atom is 0.180 e. The minimum atomic E-state index is 0.516. The summed E-state index contributed by atoms with van der Waals surface area (Å²) in [5, 5.41) is 3.96. The third kappa shape index (κ3) is 2.65. The molecule has 0 atom stereocenters. The number of aromatic nitrogens is 5. The molecule has 0 bridgehead atoms. The molecule has 0 saturated heterocycles. The van der Waals surface area contributed by atoms with E-state index >= 15 is 0 Å². The lowest BCUT2D eigenvalue weighted by atomic mass is 10.1. The molecule has 3 aromatic heterocycles. The van der Waals surface area contributed by atoms with Gasteiger partial charge in [-0.1, -0.05) is 35.5 Å². The zero-order chi connectivity index (χ0) is 16.4. The fourth-order valence-electron chi connectivity index (χ4n) is 2.41. The van der Waals surface area contributed by atoms with Crippen LogP contribution in [0.1, 0.15) is 5.69 Å². The molecule has 0 aliphatic heterocycles. The van der Waals surface area contributed by atoms with E-state index in [0.29, 0.717) is 17.3 Å². The molecule has 0 radical (unpaired) electrons. The summed E-state index contributed by atoms with van der Waals surface area (Å²) in [5.74, 6) is 1.15. The second kappa shape index (κ2) is 6.00. The second-order valence-corrected chi connectivity index (χ2v) is 5.25. The average Bonchev–Trinajstić information content (AvgIpc) is 3.09. The van der Waals surface area contributed by atoms with Gasteiger partial charge in [-0.15, -0.1) is 0 Å². The molecule has 0 unspecified atom stereocenters. The van der Waals surface area contributed by atoms with Crippen molar-refractivity contribution < 1.29 is 4.52 Å². The van der Waals surface area contributed by atoms with Crippen molar-refractivity contribution in [2.45, 2.75) is 6.92 Å². The van der Waals surface area contributed by atoms with Crippen molar-refractivity contribution in [1.82, 2.24) is 25.1 Å². The lowest BCUT2D eigenvalue weighted by molar-refractivity contribution is 0.427. The highest BCUT2D eigenvalue weighted by atomic mass is 16.5. The minimum Gasteiger partial charge on any atom is -0.356 e. The van der Waals surface area contributed by atoms with Crippen molar-refractivity contribution in [2.24, 2.45) is 0 Å². The van der Waals surface area contributed by atoms with E-state index in [4.69, 9.17) is 9.51 Å². The number of hydrogen-bond donors (Lipinski definition) is 0. The molecule has 0 spiro atoms. The van der Waals surface area contributed by atoms with Crippen molar-refractivity contribution in [3.05, 3.63) is 66.9 Å². The third-order valence-electron chi connectivity index (χ3n) is 3.52. The third-order valence-corrected chi connectivity index (χ3v) is 3.52. The molecule has 1 aromatic carbocycles. The van der Waals surface area contributed by atoms with Crippen LogP contribution in [0.15, 0.2) is 65.7 Å². The predicted molar refractivity (Wildman–Crippen MR) is 88.7 cm³/mol. The van der Waals surface area contributed by atoms with Gasteiger partial charge in [0, 0.05) is 30.2 Å². The van der Waals surface area contributed by atoms with Crippen molar-refractivity contribution in [3.8, 4) is 34.1 Å². The Labute approximate surface area is 138 Å². The zero-order valence-electron chi connectivity index (χ0n) is 12.9. The van der Waals surface area contributed by atoms with Gasteiger partial charge in [-0.2, -0.15) is 0 Å². The lowest BCUT2D eigenvalue weighted by Gasteiger charge is -2.08. The van der Waals surface area contributed by atoms with Crippen molar-refractivity contribution in [1.29, 1.82) is 0 Å². The topological polar surface area (TPSA) is 77.6 Å². The number of aryl methyl sites for hydroxylation is 1. The van der Waals surface area contributed by atoms with Gasteiger partial charge in [-0.25, -0.2) is 15.0 Å². The minimum absolute atomic E-state index is 0.516. The summed E-state index contributed by atoms with van der Waals surface area (Å²) >= 11 is 0. The molecule has 0 aliphatic rings. The van der Waals surface area contributed by atoms with Crippen LogP contribution in [-0.2, 0) is 0 Å². The largest absolute Gasteiger partial charge is 0.356 e. The molecule has 116 valence electrons. The van der Waals surface area contributed by atoms with Gasteiger partial charge in [0.15, 0.2) is 11.6 Å². The number of benzene rings is 1. The average molecular weight is 315 g/mol. The van der Waals surface area contributed by atoms with E-state index in [1.165, 1.54) is 0 Å². The molecule has 4 rings (SSSR count). The Morgan fingerprint density at radius 2 is 1.83 bits per heavy atom. The van der Waals surface area contributed by atoms with E-state index in [2.05, 4.69) is 20.1 Å². The molecule has 3 heterocycles. The predicted octanol–water partition coefficient (Wildman–Crippen LogP) is 3.56. The molecule has 24 heavy (non-hydrogen) atoms. The van der Waals surface area contributed by atoms with Gasteiger partial charge in [-0.05, 0) is 6.92 Å². The summed E-state index contributed by atoms with van der Waals surface area (Å²) in [6.45, 7) is 1.88. The Kier molecular flexibility index (Phi) is 3.55. The molecule has 0 aliphatic carbocycles. The van der Waals surface area contributed by atoms with Crippen LogP contribution in [-0.4, -0.2) is 25.1 Å². The fraction of sp³-hybridized carbons (Fsp3) is 0.0556. The first-order valence-electron chi connectivity index (χ1n) is 7.44. The van der Waals surface area contributed by atoms with Crippen molar-refractivity contribution in [3.63, 3.8) is 0 Å². The Morgan fingerprint density at radius 3 is 2.54 bits per heavy atom. The standard InChI is InChI=1S/C18H13N5O/c1-12-9-16(24-23-12)14-10-21-18(15-11-19-7-8-20-15)22-17(14)13-5-3-2-4-6-13/h2-11H,1H3. The number of nitrogens with zero attached hydrogens (tertiary/aromatic N) is 5. The maximum absolute atomic E-state index is 5.40. The summed E-state index contributed by atoms with van der Waals surface area (Å²) in [6, 6.07) is 11.8. The van der Waals surface area contributed by atoms with Gasteiger partial charge in [0.25, 0.3) is 0 Å². The fourth-order valence-corrected chi connectivity index (χ4v) is 2.41. The molecule has 0 N–H and O–H groups in total. The summed E-state index contributed by atoms with van der Waals surface area (Å²) in [7, 11) is 0. The van der Waals surface area contributed by atoms with Crippen molar-refractivity contribution >= 4 is 0 Å². The Balaban J connectivity index is 1.91. The molecular weight excluding hydrogens is 302 g/mol. The summed E-state index contributed by atoms with van der Waals surface area (Å²) < 4.78 is 5.40. The SMILES string of the molecule is Cc1cc(-c2cnc(-c3cnccn3)nc2-c2ccccc2)on1. The van der Waals surface area contributed by atoms with Crippen LogP contribution in [0.3, 0.4) is 0 Å². The van der Waals surface area contributed by atoms with E-state index in [1.807, 2.05) is 43.3 Å². The highest BCUT2D eigenvalue weighted by Gasteiger charge is 2.16. The van der Waals surface area contributed by atoms with Gasteiger partial charge < -0.3 is 4.52 Å². The summed E-state index contributed by atoms with van der Waals surface area (Å²) in [4.78, 5) is 17.5. The van der Waals surface area contributed by atoms with Crippen LogP contribution in [0.2, 0.25) is 0 Å². The highest BCUT2D eigenvalue weighted by molar-refractivity contribution is 5.78. The van der Waals surface area contributed by atoms with Gasteiger partial charge >= 0.3 is 0 Å². The van der Waals surface area contributed by atoms with Crippen LogP contribution in [0.25, 0.3) is 34.1 Å². The first-order valence-corrected chi connectivity index (χ1v) is 7.44. The second-order valence-electron chi connectivity index (χ2n) is 5.25. The number of hydrogen-bond acceptors (Lipinski definition) is 6. The molecule has 0 fully saturated rings. The summed E-state index contributed by atoms with van der Waals surface area (Å²) in [6.07, 6.45) is 6.61. The lowest BCUT2D eigenvalue weighted by Crippen LogP contribution is -1.97. The highest BCUT2D eigenvalue weighted by Crippen LogP contribution is 2.31. The zero-order valence-corrected chi connectivity index (χ0v) is 12.9. The van der Waals surface area contributed by atoms with Gasteiger partial charge in [0.2, 0.25) is 0 Å². The van der Waals surface area contributed by atoms with Crippen molar-refractivity contribution in [2.75, 3.05) is 0 Å². The Morgan fingerprint density at radius 1 is 0.958 bits per heavy atom. The Bertz CT molecular complexity index is 967. The van der Waals surface area contributed by atoms with Gasteiger partial charge in [-0.3, -0.25) is 4.98 Å². The molecule has 0 amide bonds. The van der Waals surface area contributed by atoms with E-state index in [-0.39, 0.29) is 0 Å². The van der Waals surface area contributed by atoms with Gasteiger partial charge in [0.1, 0.15) is 5.69 Å². The first-order chi connectivity index (χ1) is 11.8. The van der Waals surface area contributed by atoms with Gasteiger partial charge in [0.05, 0.1) is 23.1 Å². The first kappa shape index (κ1) is 14.2. The maximum atomic E-state index is 5.40. The normalized spacial score (nSPS) is 10.7. The van der Waals surface area contributed by atoms with Crippen LogP contribution >= 0.6 is 0 Å². The molecule has 6 nitrogen and oxygen atoms in total. The smallest absolute Gasteiger partial charge is 0.180 e.